The lowest BCUT2D eigenvalue weighted by Gasteiger charge is -2.29. The molecule has 3 aromatic rings. The summed E-state index contributed by atoms with van der Waals surface area (Å²) in [6.07, 6.45) is 9.66. The zero-order valence-electron chi connectivity index (χ0n) is 21.2. The molecule has 0 bridgehead atoms. The average molecular weight is 526 g/mol. The van der Waals surface area contributed by atoms with Crippen LogP contribution in [0.25, 0.3) is 11.2 Å². The highest BCUT2D eigenvalue weighted by Crippen LogP contribution is 2.35. The molecule has 0 aliphatic heterocycles. The van der Waals surface area contributed by atoms with Crippen molar-refractivity contribution in [2.24, 2.45) is 5.92 Å². The van der Waals surface area contributed by atoms with Crippen molar-refractivity contribution >= 4 is 34.7 Å². The maximum Gasteiger partial charge on any atom is 0.224 e. The van der Waals surface area contributed by atoms with Crippen molar-refractivity contribution < 1.29 is 18.7 Å². The lowest BCUT2D eigenvalue weighted by Crippen LogP contribution is -2.37. The molecule has 0 atom stereocenters. The molecule has 6 rings (SSSR count). The summed E-state index contributed by atoms with van der Waals surface area (Å²) in [5.74, 6) is -0.219. The summed E-state index contributed by atoms with van der Waals surface area (Å²) in [6.45, 7) is 0. The number of rotatable bonds is 7. The fourth-order valence-electron chi connectivity index (χ4n) is 5.65. The first kappa shape index (κ1) is 25.0. The first-order chi connectivity index (χ1) is 18.4. The summed E-state index contributed by atoms with van der Waals surface area (Å²) < 4.78 is 29.9. The van der Waals surface area contributed by atoms with Crippen LogP contribution in [0.4, 0.5) is 26.4 Å². The highest BCUT2D eigenvalue weighted by Gasteiger charge is 2.31. The van der Waals surface area contributed by atoms with E-state index in [-0.39, 0.29) is 35.7 Å². The number of carbonyl (C=O) groups excluding carboxylic acids is 1. The minimum absolute atomic E-state index is 0.0116. The number of amides is 1. The minimum atomic E-state index is -0.711. The number of benzene rings is 1. The van der Waals surface area contributed by atoms with E-state index >= 15 is 0 Å². The first-order valence-electron chi connectivity index (χ1n) is 13.6. The minimum Gasteiger partial charge on any atom is -0.393 e. The lowest BCUT2D eigenvalue weighted by atomic mass is 9.85. The quantitative estimate of drug-likeness (QED) is 0.357. The molecule has 0 unspecified atom stereocenters. The predicted molar refractivity (Wildman–Crippen MR) is 139 cm³/mol. The molecule has 0 spiro atoms. The molecule has 3 fully saturated rings. The Morgan fingerprint density at radius 3 is 2.39 bits per heavy atom. The molecule has 1 amide bonds. The van der Waals surface area contributed by atoms with Crippen LogP contribution < -0.4 is 16.0 Å². The maximum atomic E-state index is 14.4. The van der Waals surface area contributed by atoms with Gasteiger partial charge in [-0.15, -0.1) is 0 Å². The molecule has 1 aromatic carbocycles. The number of aliphatic hydroxyl groups is 1. The van der Waals surface area contributed by atoms with Crippen LogP contribution in [0.5, 0.6) is 0 Å². The van der Waals surface area contributed by atoms with Gasteiger partial charge in [-0.2, -0.15) is 4.98 Å². The van der Waals surface area contributed by atoms with Gasteiger partial charge in [0, 0.05) is 30.1 Å². The second-order valence-electron chi connectivity index (χ2n) is 10.9. The van der Waals surface area contributed by atoms with Crippen molar-refractivity contribution in [3.8, 4) is 0 Å². The van der Waals surface area contributed by atoms with Gasteiger partial charge >= 0.3 is 0 Å². The topological polar surface area (TPSA) is 117 Å². The van der Waals surface area contributed by atoms with E-state index in [1.54, 1.807) is 6.20 Å². The van der Waals surface area contributed by atoms with Crippen LogP contribution in [0.2, 0.25) is 0 Å². The van der Waals surface area contributed by atoms with Crippen molar-refractivity contribution in [2.75, 3.05) is 10.6 Å². The highest BCUT2D eigenvalue weighted by molar-refractivity contribution is 5.79. The molecule has 0 radical (unpaired) electrons. The Hall–Kier alpha value is -3.34. The average Bonchev–Trinajstić information content (AvgIpc) is 3.65. The monoisotopic (exact) mass is 525 g/mol. The first-order valence-corrected chi connectivity index (χ1v) is 13.6. The van der Waals surface area contributed by atoms with E-state index in [9.17, 15) is 18.7 Å². The summed E-state index contributed by atoms with van der Waals surface area (Å²) in [5, 5.41) is 19.6. The molecule has 0 saturated heterocycles. The van der Waals surface area contributed by atoms with E-state index in [2.05, 4.69) is 25.9 Å². The van der Waals surface area contributed by atoms with Gasteiger partial charge < -0.3 is 21.1 Å². The third-order valence-corrected chi connectivity index (χ3v) is 8.00. The molecule has 11 heteroatoms. The van der Waals surface area contributed by atoms with Crippen LogP contribution in [0, 0.1) is 17.6 Å². The predicted octanol–water partition coefficient (Wildman–Crippen LogP) is 4.57. The molecule has 9 nitrogen and oxygen atoms in total. The van der Waals surface area contributed by atoms with E-state index in [1.807, 2.05) is 4.57 Å². The fourth-order valence-corrected chi connectivity index (χ4v) is 5.65. The summed E-state index contributed by atoms with van der Waals surface area (Å²) in [4.78, 5) is 26.3. The Morgan fingerprint density at radius 1 is 0.947 bits per heavy atom. The fraction of sp³-hybridized carbons (Fsp3) is 0.556. The number of carbonyl (C=O) groups is 1. The van der Waals surface area contributed by atoms with Gasteiger partial charge in [0.15, 0.2) is 5.65 Å². The van der Waals surface area contributed by atoms with Crippen molar-refractivity contribution in [1.82, 2.24) is 24.8 Å². The second-order valence-corrected chi connectivity index (χ2v) is 10.9. The number of aromatic nitrogens is 4. The smallest absolute Gasteiger partial charge is 0.224 e. The number of aliphatic hydroxyl groups excluding tert-OH is 1. The standard InChI is InChI=1S/C27H33F2N7O2/c28-16-3-12-22(21(29)13-16)33-27-34-23-14-30-26(35-24(23)36(27)19-8-10-20(37)11-9-19)32-18-4-1-15(2-5-18)25(38)31-17-6-7-17/h3,12-15,17-20,37H,1-2,4-11H2,(H,31,38)(H,33,34)(H,30,32,35)/t15-,18-,19-,20+. The molecular formula is C27H33F2N7O2. The molecule has 2 heterocycles. The van der Waals surface area contributed by atoms with E-state index in [1.165, 1.54) is 12.1 Å². The van der Waals surface area contributed by atoms with Crippen LogP contribution in [0.15, 0.2) is 24.4 Å². The van der Waals surface area contributed by atoms with Crippen LogP contribution in [-0.2, 0) is 4.79 Å². The molecule has 3 saturated carbocycles. The van der Waals surface area contributed by atoms with Crippen LogP contribution in [0.1, 0.15) is 70.3 Å². The van der Waals surface area contributed by atoms with Gasteiger partial charge in [0.2, 0.25) is 17.8 Å². The number of halogens is 2. The molecule has 3 aliphatic rings. The largest absolute Gasteiger partial charge is 0.393 e. The molecule has 4 N–H and O–H groups in total. The molecule has 3 aliphatic carbocycles. The normalized spacial score (nSPS) is 25.8. The zero-order valence-corrected chi connectivity index (χ0v) is 21.2. The van der Waals surface area contributed by atoms with Gasteiger partial charge in [-0.3, -0.25) is 9.36 Å². The van der Waals surface area contributed by atoms with Gasteiger partial charge in [0.05, 0.1) is 18.0 Å². The number of imidazole rings is 1. The summed E-state index contributed by atoms with van der Waals surface area (Å²) in [7, 11) is 0. The zero-order chi connectivity index (χ0) is 26.2. The number of hydrogen-bond acceptors (Lipinski definition) is 7. The lowest BCUT2D eigenvalue weighted by molar-refractivity contribution is -0.126. The van der Waals surface area contributed by atoms with Crippen molar-refractivity contribution in [2.45, 2.75) is 88.4 Å². The second kappa shape index (κ2) is 10.4. The van der Waals surface area contributed by atoms with Gasteiger partial charge in [-0.25, -0.2) is 18.7 Å². The molecule has 202 valence electrons. The van der Waals surface area contributed by atoms with Gasteiger partial charge in [-0.1, -0.05) is 0 Å². The Bertz CT molecular complexity index is 1310. The number of nitrogens with one attached hydrogen (secondary N) is 3. The third kappa shape index (κ3) is 5.43. The van der Waals surface area contributed by atoms with E-state index in [0.29, 0.717) is 41.9 Å². The SMILES string of the molecule is O=C(NC1CC1)[C@H]1CC[C@H](Nc2ncc3nc(Nc4ccc(F)cc4F)n([C@H]4CC[C@@H](O)CC4)c3n2)CC1. The van der Waals surface area contributed by atoms with Crippen LogP contribution in [-0.4, -0.2) is 48.7 Å². The molecular weight excluding hydrogens is 492 g/mol. The van der Waals surface area contributed by atoms with Crippen LogP contribution >= 0.6 is 0 Å². The third-order valence-electron chi connectivity index (χ3n) is 8.00. The number of fused-ring (bicyclic) bond motifs is 1. The van der Waals surface area contributed by atoms with Gasteiger partial charge in [-0.05, 0) is 76.3 Å². The Labute approximate surface area is 219 Å². The van der Waals surface area contributed by atoms with E-state index in [0.717, 1.165) is 57.4 Å². The van der Waals surface area contributed by atoms with Gasteiger partial charge in [0.25, 0.3) is 0 Å². The molecule has 38 heavy (non-hydrogen) atoms. The summed E-state index contributed by atoms with van der Waals surface area (Å²) >= 11 is 0. The summed E-state index contributed by atoms with van der Waals surface area (Å²) in [5.41, 5.74) is 1.30. The Balaban J connectivity index is 1.22. The maximum absolute atomic E-state index is 14.4. The van der Waals surface area contributed by atoms with Crippen LogP contribution in [0.3, 0.4) is 0 Å². The summed E-state index contributed by atoms with van der Waals surface area (Å²) in [6, 6.07) is 3.94. The number of nitrogens with zero attached hydrogens (tertiary/aromatic N) is 4. The number of hydrogen-bond donors (Lipinski definition) is 4. The van der Waals surface area contributed by atoms with E-state index < -0.39 is 11.6 Å². The molecule has 2 aromatic heterocycles. The number of anilines is 3. The Morgan fingerprint density at radius 2 is 1.68 bits per heavy atom. The van der Waals surface area contributed by atoms with Crippen molar-refractivity contribution in [3.63, 3.8) is 0 Å². The van der Waals surface area contributed by atoms with Crippen molar-refractivity contribution in [3.05, 3.63) is 36.0 Å². The Kier molecular flexibility index (Phi) is 6.86. The van der Waals surface area contributed by atoms with Crippen molar-refractivity contribution in [1.29, 1.82) is 0 Å². The van der Waals surface area contributed by atoms with E-state index in [4.69, 9.17) is 4.98 Å². The van der Waals surface area contributed by atoms with Gasteiger partial charge in [0.1, 0.15) is 17.2 Å². The highest BCUT2D eigenvalue weighted by atomic mass is 19.1.